The summed E-state index contributed by atoms with van der Waals surface area (Å²) in [4.78, 5) is 28.8. The number of carbonyl (C=O) groups excluding carboxylic acids is 2. The number of benzene rings is 3. The molecule has 4 rings (SSSR count). The predicted octanol–water partition coefficient (Wildman–Crippen LogP) is 4.86. The first kappa shape index (κ1) is 18.4. The topological polar surface area (TPSA) is 71.1 Å². The molecule has 0 fully saturated rings. The highest BCUT2D eigenvalue weighted by Gasteiger charge is 2.10. The van der Waals surface area contributed by atoms with Crippen LogP contribution in [-0.2, 0) is 4.79 Å². The summed E-state index contributed by atoms with van der Waals surface area (Å²) in [5.74, 6) is -0.401. The normalized spacial score (nSPS) is 10.9. The van der Waals surface area contributed by atoms with E-state index in [4.69, 9.17) is 11.6 Å². The molecule has 0 bridgehead atoms. The molecule has 0 aliphatic heterocycles. The maximum Gasteiger partial charge on any atom is 0.251 e. The van der Waals surface area contributed by atoms with Crippen LogP contribution in [0.25, 0.3) is 21.0 Å². The van der Waals surface area contributed by atoms with Crippen LogP contribution in [0.15, 0.2) is 60.7 Å². The van der Waals surface area contributed by atoms with E-state index < -0.39 is 0 Å². The predicted molar refractivity (Wildman–Crippen MR) is 114 cm³/mol. The van der Waals surface area contributed by atoms with Crippen LogP contribution in [0.4, 0.5) is 5.69 Å². The number of halogens is 1. The molecule has 2 N–H and O–H groups in total. The van der Waals surface area contributed by atoms with Gasteiger partial charge in [0.05, 0.1) is 10.2 Å². The minimum atomic E-state index is -0.246. The Kier molecular flexibility index (Phi) is 5.23. The Morgan fingerprint density at radius 2 is 1.86 bits per heavy atom. The summed E-state index contributed by atoms with van der Waals surface area (Å²) >= 11 is 7.26. The van der Waals surface area contributed by atoms with Gasteiger partial charge in [-0.3, -0.25) is 9.59 Å². The quantitative estimate of drug-likeness (QED) is 0.494. The SMILES string of the molecule is O=C(CCNC(=O)c1ccc2sc(Cl)nc2c1)Nc1cccc2ccccc12. The molecule has 0 spiro atoms. The molecule has 28 heavy (non-hydrogen) atoms. The molecule has 0 saturated carbocycles. The zero-order valence-corrected chi connectivity index (χ0v) is 16.3. The fraction of sp³-hybridized carbons (Fsp3) is 0.0952. The molecular formula is C21H16ClN3O2S. The van der Waals surface area contributed by atoms with Gasteiger partial charge in [-0.25, -0.2) is 4.98 Å². The number of hydrogen-bond acceptors (Lipinski definition) is 4. The lowest BCUT2D eigenvalue weighted by Gasteiger charge is -2.09. The third kappa shape index (κ3) is 3.98. The van der Waals surface area contributed by atoms with Gasteiger partial charge < -0.3 is 10.6 Å². The van der Waals surface area contributed by atoms with Gasteiger partial charge in [-0.15, -0.1) is 11.3 Å². The Morgan fingerprint density at radius 3 is 2.75 bits per heavy atom. The standard InChI is InChI=1S/C21H16ClN3O2S/c22-21-25-17-12-14(8-9-18(17)28-21)20(27)23-11-10-19(26)24-16-7-3-5-13-4-1-2-6-15(13)16/h1-9,12H,10-11H2,(H,23,27)(H,24,26). The Bertz CT molecular complexity index is 1180. The number of aromatic nitrogens is 1. The molecule has 0 atom stereocenters. The number of rotatable bonds is 5. The van der Waals surface area contributed by atoms with Gasteiger partial charge in [0.15, 0.2) is 4.47 Å². The zero-order valence-electron chi connectivity index (χ0n) is 14.7. The zero-order chi connectivity index (χ0) is 19.5. The first-order valence-corrected chi connectivity index (χ1v) is 9.91. The van der Waals surface area contributed by atoms with Crippen molar-refractivity contribution in [1.29, 1.82) is 0 Å². The van der Waals surface area contributed by atoms with E-state index in [1.54, 1.807) is 12.1 Å². The minimum Gasteiger partial charge on any atom is -0.352 e. The molecule has 5 nitrogen and oxygen atoms in total. The number of nitrogens with one attached hydrogen (secondary N) is 2. The first-order chi connectivity index (χ1) is 13.6. The lowest BCUT2D eigenvalue weighted by molar-refractivity contribution is -0.116. The highest BCUT2D eigenvalue weighted by Crippen LogP contribution is 2.26. The molecule has 0 aliphatic carbocycles. The molecule has 1 aromatic heterocycles. The number of thiazole rings is 1. The third-order valence-corrected chi connectivity index (χ3v) is 5.47. The molecule has 1 heterocycles. The van der Waals surface area contributed by atoms with Gasteiger partial charge >= 0.3 is 0 Å². The van der Waals surface area contributed by atoms with Crippen LogP contribution in [-0.4, -0.2) is 23.3 Å². The van der Waals surface area contributed by atoms with Crippen molar-refractivity contribution in [3.8, 4) is 0 Å². The second-order valence-corrected chi connectivity index (χ2v) is 7.84. The smallest absolute Gasteiger partial charge is 0.251 e. The van der Waals surface area contributed by atoms with Crippen LogP contribution in [0, 0.1) is 0 Å². The van der Waals surface area contributed by atoms with Crippen molar-refractivity contribution in [2.75, 3.05) is 11.9 Å². The number of fused-ring (bicyclic) bond motifs is 2. The van der Waals surface area contributed by atoms with E-state index in [2.05, 4.69) is 15.6 Å². The van der Waals surface area contributed by atoms with E-state index in [0.717, 1.165) is 21.2 Å². The van der Waals surface area contributed by atoms with E-state index in [1.807, 2.05) is 48.5 Å². The molecule has 7 heteroatoms. The van der Waals surface area contributed by atoms with Crippen molar-refractivity contribution in [3.05, 3.63) is 70.7 Å². The largest absolute Gasteiger partial charge is 0.352 e. The van der Waals surface area contributed by atoms with Gasteiger partial charge in [0.2, 0.25) is 5.91 Å². The lowest BCUT2D eigenvalue weighted by Crippen LogP contribution is -2.27. The Balaban J connectivity index is 1.34. The van der Waals surface area contributed by atoms with Gasteiger partial charge in [0, 0.05) is 29.6 Å². The molecular weight excluding hydrogens is 394 g/mol. The van der Waals surface area contributed by atoms with Gasteiger partial charge in [0.1, 0.15) is 0 Å². The monoisotopic (exact) mass is 409 g/mol. The third-order valence-electron chi connectivity index (χ3n) is 4.33. The molecule has 2 amide bonds. The first-order valence-electron chi connectivity index (χ1n) is 8.72. The number of carbonyl (C=O) groups is 2. The second-order valence-electron chi connectivity index (χ2n) is 6.23. The van der Waals surface area contributed by atoms with E-state index in [-0.39, 0.29) is 24.8 Å². The molecule has 0 aliphatic rings. The average Bonchev–Trinajstić information content (AvgIpc) is 3.07. The van der Waals surface area contributed by atoms with Gasteiger partial charge in [-0.05, 0) is 29.7 Å². The van der Waals surface area contributed by atoms with E-state index in [9.17, 15) is 9.59 Å². The van der Waals surface area contributed by atoms with Gasteiger partial charge in [0.25, 0.3) is 5.91 Å². The van der Waals surface area contributed by atoms with Crippen molar-refractivity contribution in [3.63, 3.8) is 0 Å². The van der Waals surface area contributed by atoms with Crippen LogP contribution in [0.5, 0.6) is 0 Å². The molecule has 140 valence electrons. The molecule has 4 aromatic rings. The summed E-state index contributed by atoms with van der Waals surface area (Å²) in [6.07, 6.45) is 0.180. The van der Waals surface area contributed by atoms with Crippen LogP contribution in [0.2, 0.25) is 4.47 Å². The molecule has 0 radical (unpaired) electrons. The minimum absolute atomic E-state index is 0.154. The fourth-order valence-electron chi connectivity index (χ4n) is 2.98. The fourth-order valence-corrected chi connectivity index (χ4v) is 3.99. The summed E-state index contributed by atoms with van der Waals surface area (Å²) in [6, 6.07) is 18.9. The second kappa shape index (κ2) is 7.96. The summed E-state index contributed by atoms with van der Waals surface area (Å²) in [6.45, 7) is 0.241. The Labute approximate surface area is 170 Å². The summed E-state index contributed by atoms with van der Waals surface area (Å²) < 4.78 is 1.37. The van der Waals surface area contributed by atoms with Crippen LogP contribution >= 0.6 is 22.9 Å². The van der Waals surface area contributed by atoms with E-state index in [1.165, 1.54) is 11.3 Å². The Hall–Kier alpha value is -2.96. The van der Waals surface area contributed by atoms with Crippen molar-refractivity contribution in [2.24, 2.45) is 0 Å². The van der Waals surface area contributed by atoms with Crippen LogP contribution < -0.4 is 10.6 Å². The number of nitrogens with zero attached hydrogens (tertiary/aromatic N) is 1. The van der Waals surface area contributed by atoms with Crippen molar-refractivity contribution in [1.82, 2.24) is 10.3 Å². The van der Waals surface area contributed by atoms with Gasteiger partial charge in [-0.1, -0.05) is 48.0 Å². The summed E-state index contributed by atoms with van der Waals surface area (Å²) in [7, 11) is 0. The number of anilines is 1. The maximum absolute atomic E-state index is 12.3. The molecule has 3 aromatic carbocycles. The average molecular weight is 410 g/mol. The number of amides is 2. The van der Waals surface area contributed by atoms with Crippen LogP contribution in [0.1, 0.15) is 16.8 Å². The Morgan fingerprint density at radius 1 is 1.04 bits per heavy atom. The summed E-state index contributed by atoms with van der Waals surface area (Å²) in [5.41, 5.74) is 1.94. The highest BCUT2D eigenvalue weighted by atomic mass is 35.5. The number of hydrogen-bond donors (Lipinski definition) is 2. The van der Waals surface area contributed by atoms with Gasteiger partial charge in [-0.2, -0.15) is 0 Å². The maximum atomic E-state index is 12.3. The van der Waals surface area contributed by atoms with E-state index in [0.29, 0.717) is 15.5 Å². The lowest BCUT2D eigenvalue weighted by atomic mass is 10.1. The van der Waals surface area contributed by atoms with Crippen molar-refractivity contribution >= 4 is 61.4 Å². The summed E-state index contributed by atoms with van der Waals surface area (Å²) in [5, 5.41) is 7.72. The van der Waals surface area contributed by atoms with Crippen LogP contribution in [0.3, 0.4) is 0 Å². The highest BCUT2D eigenvalue weighted by molar-refractivity contribution is 7.22. The van der Waals surface area contributed by atoms with E-state index >= 15 is 0 Å². The molecule has 0 saturated heterocycles. The van der Waals surface area contributed by atoms with Crippen molar-refractivity contribution < 1.29 is 9.59 Å². The molecule has 0 unspecified atom stereocenters. The van der Waals surface area contributed by atoms with Crippen molar-refractivity contribution in [2.45, 2.75) is 6.42 Å².